The lowest BCUT2D eigenvalue weighted by Gasteiger charge is -2.11. The molecule has 0 aliphatic heterocycles. The summed E-state index contributed by atoms with van der Waals surface area (Å²) in [4.78, 5) is 13.2. The molecule has 1 saturated carbocycles. The van der Waals surface area contributed by atoms with Crippen molar-refractivity contribution < 1.29 is 0 Å². The van der Waals surface area contributed by atoms with Crippen LogP contribution in [0.15, 0.2) is 59.8 Å². The second-order valence-corrected chi connectivity index (χ2v) is 8.59. The minimum Gasteiger partial charge on any atom is -0.368 e. The molecule has 162 valence electrons. The molecule has 0 atom stereocenters. The van der Waals surface area contributed by atoms with Crippen LogP contribution in [0.3, 0.4) is 0 Å². The van der Waals surface area contributed by atoms with Crippen molar-refractivity contribution in [3.8, 4) is 5.69 Å². The van der Waals surface area contributed by atoms with Gasteiger partial charge in [0.25, 0.3) is 0 Å². The Morgan fingerprint density at radius 3 is 2.56 bits per heavy atom. The van der Waals surface area contributed by atoms with Crippen LogP contribution in [0.25, 0.3) is 5.69 Å². The number of nitrogens with one attached hydrogen (secondary N) is 1. The highest BCUT2D eigenvalue weighted by Crippen LogP contribution is 2.41. The van der Waals surface area contributed by atoms with E-state index in [1.807, 2.05) is 36.4 Å². The van der Waals surface area contributed by atoms with Gasteiger partial charge in [0, 0.05) is 17.3 Å². The van der Waals surface area contributed by atoms with Gasteiger partial charge in [-0.15, -0.1) is 10.2 Å². The first-order chi connectivity index (χ1) is 15.7. The molecule has 2 aromatic heterocycles. The van der Waals surface area contributed by atoms with Crippen molar-refractivity contribution >= 4 is 29.3 Å². The average Bonchev–Trinajstić information content (AvgIpc) is 3.57. The molecule has 0 saturated heterocycles. The first-order valence-corrected chi connectivity index (χ1v) is 11.7. The summed E-state index contributed by atoms with van der Waals surface area (Å²) in [7, 11) is 0. The fourth-order valence-electron chi connectivity index (χ4n) is 3.56. The SMILES string of the molecule is CCc1ccccc1Nc1nc(N)nc(CSc2nnc(C3CC3)n2-c2ccccc2)n1. The molecule has 3 N–H and O–H groups in total. The van der Waals surface area contributed by atoms with Crippen LogP contribution in [-0.2, 0) is 12.2 Å². The summed E-state index contributed by atoms with van der Waals surface area (Å²) in [5, 5.41) is 13.0. The third-order valence-electron chi connectivity index (χ3n) is 5.29. The molecule has 1 aliphatic rings. The van der Waals surface area contributed by atoms with Gasteiger partial charge < -0.3 is 11.1 Å². The highest BCUT2D eigenvalue weighted by atomic mass is 32.2. The van der Waals surface area contributed by atoms with Crippen LogP contribution in [0.1, 0.15) is 42.9 Å². The van der Waals surface area contributed by atoms with Crippen molar-refractivity contribution in [2.75, 3.05) is 11.1 Å². The Kier molecular flexibility index (Phi) is 5.72. The Bertz CT molecular complexity index is 1220. The number of hydrogen-bond acceptors (Lipinski definition) is 8. The zero-order valence-corrected chi connectivity index (χ0v) is 18.6. The maximum Gasteiger partial charge on any atom is 0.232 e. The second kappa shape index (κ2) is 8.96. The highest BCUT2D eigenvalue weighted by molar-refractivity contribution is 7.98. The van der Waals surface area contributed by atoms with Gasteiger partial charge in [-0.2, -0.15) is 15.0 Å². The van der Waals surface area contributed by atoms with Crippen LogP contribution in [0, 0.1) is 0 Å². The normalized spacial score (nSPS) is 13.3. The molecule has 2 aromatic carbocycles. The average molecular weight is 445 g/mol. The Labute approximate surface area is 190 Å². The van der Waals surface area contributed by atoms with Gasteiger partial charge in [0.05, 0.1) is 5.75 Å². The van der Waals surface area contributed by atoms with Crippen molar-refractivity contribution in [2.24, 2.45) is 0 Å². The number of aromatic nitrogens is 6. The minimum absolute atomic E-state index is 0.190. The monoisotopic (exact) mass is 444 g/mol. The first kappa shape index (κ1) is 20.4. The second-order valence-electron chi connectivity index (χ2n) is 7.64. The van der Waals surface area contributed by atoms with Gasteiger partial charge in [0.1, 0.15) is 11.6 Å². The predicted octanol–water partition coefficient (Wildman–Crippen LogP) is 4.51. The smallest absolute Gasteiger partial charge is 0.232 e. The van der Waals surface area contributed by atoms with Crippen molar-refractivity contribution in [3.05, 3.63) is 71.8 Å². The van der Waals surface area contributed by atoms with E-state index in [-0.39, 0.29) is 5.95 Å². The summed E-state index contributed by atoms with van der Waals surface area (Å²) in [5.41, 5.74) is 9.20. The number of nitrogens with two attached hydrogens (primary N) is 1. The molecule has 1 aliphatic carbocycles. The van der Waals surface area contributed by atoms with Crippen LogP contribution in [0.4, 0.5) is 17.6 Å². The lowest BCUT2D eigenvalue weighted by molar-refractivity contribution is 0.828. The molecule has 0 spiro atoms. The Morgan fingerprint density at radius 1 is 1.00 bits per heavy atom. The number of anilines is 3. The van der Waals surface area contributed by atoms with E-state index in [1.54, 1.807) is 11.8 Å². The number of hydrogen-bond donors (Lipinski definition) is 2. The Balaban J connectivity index is 1.38. The van der Waals surface area contributed by atoms with Gasteiger partial charge in [0.2, 0.25) is 11.9 Å². The van der Waals surface area contributed by atoms with E-state index in [4.69, 9.17) is 5.73 Å². The molecular formula is C23H24N8S. The van der Waals surface area contributed by atoms with Crippen molar-refractivity contribution in [2.45, 2.75) is 43.0 Å². The minimum atomic E-state index is 0.190. The lowest BCUT2D eigenvalue weighted by atomic mass is 10.1. The van der Waals surface area contributed by atoms with E-state index >= 15 is 0 Å². The largest absolute Gasteiger partial charge is 0.368 e. The van der Waals surface area contributed by atoms with Gasteiger partial charge in [-0.05, 0) is 43.0 Å². The number of para-hydroxylation sites is 2. The van der Waals surface area contributed by atoms with Crippen LogP contribution < -0.4 is 11.1 Å². The maximum absolute atomic E-state index is 5.98. The number of rotatable bonds is 8. The van der Waals surface area contributed by atoms with E-state index in [0.29, 0.717) is 23.4 Å². The first-order valence-electron chi connectivity index (χ1n) is 10.7. The van der Waals surface area contributed by atoms with Gasteiger partial charge in [-0.1, -0.05) is 55.1 Å². The molecule has 9 heteroatoms. The highest BCUT2D eigenvalue weighted by Gasteiger charge is 2.31. The van der Waals surface area contributed by atoms with Gasteiger partial charge >= 0.3 is 0 Å². The van der Waals surface area contributed by atoms with Crippen LogP contribution in [-0.4, -0.2) is 29.7 Å². The number of benzene rings is 2. The van der Waals surface area contributed by atoms with Crippen LogP contribution >= 0.6 is 11.8 Å². The molecular weight excluding hydrogens is 420 g/mol. The summed E-state index contributed by atoms with van der Waals surface area (Å²) in [5.74, 6) is 3.24. The van der Waals surface area contributed by atoms with Gasteiger partial charge in [0.15, 0.2) is 5.16 Å². The molecule has 8 nitrogen and oxygen atoms in total. The van der Waals surface area contributed by atoms with Gasteiger partial charge in [-0.25, -0.2) is 0 Å². The molecule has 2 heterocycles. The van der Waals surface area contributed by atoms with Crippen molar-refractivity contribution in [1.82, 2.24) is 29.7 Å². The Hall–Kier alpha value is -3.46. The molecule has 32 heavy (non-hydrogen) atoms. The molecule has 0 radical (unpaired) electrons. The van der Waals surface area contributed by atoms with E-state index in [2.05, 4.69) is 60.2 Å². The van der Waals surface area contributed by atoms with E-state index in [9.17, 15) is 0 Å². The fraction of sp³-hybridized carbons (Fsp3) is 0.261. The quantitative estimate of drug-likeness (QED) is 0.382. The van der Waals surface area contributed by atoms with Crippen LogP contribution in [0.5, 0.6) is 0 Å². The van der Waals surface area contributed by atoms with Crippen molar-refractivity contribution in [3.63, 3.8) is 0 Å². The molecule has 0 bridgehead atoms. The topological polar surface area (TPSA) is 107 Å². The molecule has 0 unspecified atom stereocenters. The maximum atomic E-state index is 5.98. The summed E-state index contributed by atoms with van der Waals surface area (Å²) in [6, 6.07) is 18.3. The molecule has 5 rings (SSSR count). The Morgan fingerprint density at radius 2 is 1.78 bits per heavy atom. The fourth-order valence-corrected chi connectivity index (χ4v) is 4.37. The van der Waals surface area contributed by atoms with E-state index in [0.717, 1.165) is 41.6 Å². The van der Waals surface area contributed by atoms with E-state index in [1.165, 1.54) is 5.56 Å². The molecule has 0 amide bonds. The third-order valence-corrected chi connectivity index (χ3v) is 6.21. The number of nitrogen functional groups attached to an aromatic ring is 1. The van der Waals surface area contributed by atoms with Crippen molar-refractivity contribution in [1.29, 1.82) is 0 Å². The number of thioether (sulfide) groups is 1. The zero-order valence-electron chi connectivity index (χ0n) is 17.8. The number of aryl methyl sites for hydroxylation is 1. The summed E-state index contributed by atoms with van der Waals surface area (Å²) >= 11 is 1.55. The predicted molar refractivity (Wildman–Crippen MR) is 126 cm³/mol. The summed E-state index contributed by atoms with van der Waals surface area (Å²) in [6.07, 6.45) is 3.23. The summed E-state index contributed by atoms with van der Waals surface area (Å²) in [6.45, 7) is 2.11. The van der Waals surface area contributed by atoms with Gasteiger partial charge in [-0.3, -0.25) is 4.57 Å². The lowest BCUT2D eigenvalue weighted by Crippen LogP contribution is -2.08. The molecule has 4 aromatic rings. The van der Waals surface area contributed by atoms with E-state index < -0.39 is 0 Å². The van der Waals surface area contributed by atoms with Crippen LogP contribution in [0.2, 0.25) is 0 Å². The standard InChI is InChI=1S/C23H24N8S/c1-2-15-8-6-7-11-18(15)25-22-27-19(26-21(24)28-22)14-32-23-30-29-20(16-12-13-16)31(23)17-9-4-3-5-10-17/h3-11,16H,2,12-14H2,1H3,(H3,24,25,26,27,28). The molecule has 1 fully saturated rings. The third kappa shape index (κ3) is 4.43. The zero-order chi connectivity index (χ0) is 21.9. The summed E-state index contributed by atoms with van der Waals surface area (Å²) < 4.78 is 2.14. The number of nitrogens with zero attached hydrogens (tertiary/aromatic N) is 6.